The Hall–Kier alpha value is -2.61. The van der Waals surface area contributed by atoms with E-state index < -0.39 is 28.8 Å². The molecule has 4 rings (SSSR count). The lowest BCUT2D eigenvalue weighted by atomic mass is 10.0. The number of ether oxygens (including phenoxy) is 2. The van der Waals surface area contributed by atoms with Crippen molar-refractivity contribution >= 4 is 21.7 Å². The summed E-state index contributed by atoms with van der Waals surface area (Å²) in [5, 5.41) is 0.422. The summed E-state index contributed by atoms with van der Waals surface area (Å²) in [5.74, 6) is -0.100. The number of fused-ring (bicyclic) bond motifs is 1. The summed E-state index contributed by atoms with van der Waals surface area (Å²) in [7, 11) is -3.97. The molecule has 0 fully saturated rings. The van der Waals surface area contributed by atoms with Crippen LogP contribution >= 0.6 is 11.6 Å². The molecule has 3 aromatic carbocycles. The lowest BCUT2D eigenvalue weighted by molar-refractivity contribution is 0.00988. The standard InChI is InChI=1S/C20H14ClFO5S/c21-17-9-5-4-8-15(17)16-10-13(22)11-18-20(16)27-19(26-18)12-25-28(23,24)14-6-2-1-3-7-14/h1-11,19H,12H2. The Bertz CT molecular complexity index is 1120. The van der Waals surface area contributed by atoms with Crippen molar-refractivity contribution in [2.24, 2.45) is 0 Å². The van der Waals surface area contributed by atoms with E-state index in [4.69, 9.17) is 25.3 Å². The number of rotatable bonds is 5. The Morgan fingerprint density at radius 3 is 2.43 bits per heavy atom. The molecule has 0 aromatic heterocycles. The SMILES string of the molecule is O=S(=O)(OCC1Oc2cc(F)cc(-c3ccccc3Cl)c2O1)c1ccccc1. The second-order valence-corrected chi connectivity index (χ2v) is 8.00. The molecule has 0 aliphatic carbocycles. The van der Waals surface area contributed by atoms with Crippen molar-refractivity contribution in [2.45, 2.75) is 11.2 Å². The van der Waals surface area contributed by atoms with Gasteiger partial charge in [-0.25, -0.2) is 4.39 Å². The highest BCUT2D eigenvalue weighted by Gasteiger charge is 2.31. The third-order valence-corrected chi connectivity index (χ3v) is 5.71. The van der Waals surface area contributed by atoms with Gasteiger partial charge in [-0.15, -0.1) is 0 Å². The molecule has 0 radical (unpaired) electrons. The Balaban J connectivity index is 1.56. The van der Waals surface area contributed by atoms with Gasteiger partial charge in [-0.1, -0.05) is 48.0 Å². The summed E-state index contributed by atoms with van der Waals surface area (Å²) >= 11 is 6.22. The number of hydrogen-bond acceptors (Lipinski definition) is 5. The molecule has 8 heteroatoms. The van der Waals surface area contributed by atoms with Crippen molar-refractivity contribution in [2.75, 3.05) is 6.61 Å². The Labute approximate surface area is 166 Å². The molecule has 0 N–H and O–H groups in total. The summed E-state index contributed by atoms with van der Waals surface area (Å²) in [6.45, 7) is -0.393. The van der Waals surface area contributed by atoms with Gasteiger partial charge in [-0.2, -0.15) is 8.42 Å². The van der Waals surface area contributed by atoms with Gasteiger partial charge in [0.25, 0.3) is 16.4 Å². The topological polar surface area (TPSA) is 61.8 Å². The van der Waals surface area contributed by atoms with E-state index in [0.29, 0.717) is 16.1 Å². The van der Waals surface area contributed by atoms with Crippen molar-refractivity contribution in [3.63, 3.8) is 0 Å². The Morgan fingerprint density at radius 1 is 0.964 bits per heavy atom. The zero-order valence-electron chi connectivity index (χ0n) is 14.3. The first-order valence-electron chi connectivity index (χ1n) is 8.30. The van der Waals surface area contributed by atoms with Crippen LogP contribution in [0.1, 0.15) is 0 Å². The molecule has 1 heterocycles. The van der Waals surface area contributed by atoms with Crippen LogP contribution in [0.15, 0.2) is 71.6 Å². The van der Waals surface area contributed by atoms with Crippen LogP contribution in [0.2, 0.25) is 5.02 Å². The van der Waals surface area contributed by atoms with Crippen molar-refractivity contribution in [1.82, 2.24) is 0 Å². The van der Waals surface area contributed by atoms with Crippen LogP contribution in [0.3, 0.4) is 0 Å². The molecule has 1 aliphatic heterocycles. The maximum absolute atomic E-state index is 14.1. The van der Waals surface area contributed by atoms with Gasteiger partial charge in [-0.05, 0) is 24.3 Å². The third kappa shape index (κ3) is 3.69. The highest BCUT2D eigenvalue weighted by atomic mass is 35.5. The van der Waals surface area contributed by atoms with E-state index in [2.05, 4.69) is 0 Å². The summed E-state index contributed by atoms with van der Waals surface area (Å²) in [5.41, 5.74) is 0.982. The number of halogens is 2. The molecule has 0 amide bonds. The monoisotopic (exact) mass is 420 g/mol. The van der Waals surface area contributed by atoms with Gasteiger partial charge < -0.3 is 9.47 Å². The molecule has 1 atom stereocenters. The third-order valence-electron chi connectivity index (χ3n) is 4.08. The van der Waals surface area contributed by atoms with E-state index in [-0.39, 0.29) is 16.4 Å². The molecule has 3 aromatic rings. The molecule has 1 aliphatic rings. The summed E-state index contributed by atoms with van der Waals surface area (Å²) < 4.78 is 54.8. The van der Waals surface area contributed by atoms with Crippen LogP contribution < -0.4 is 9.47 Å². The van der Waals surface area contributed by atoms with Crippen molar-refractivity contribution in [3.05, 3.63) is 77.6 Å². The zero-order valence-corrected chi connectivity index (χ0v) is 15.9. The molecule has 5 nitrogen and oxygen atoms in total. The Kier molecular flexibility index (Phi) is 4.97. The fraction of sp³-hybridized carbons (Fsp3) is 0.100. The van der Waals surface area contributed by atoms with E-state index in [1.165, 1.54) is 24.3 Å². The van der Waals surface area contributed by atoms with E-state index in [9.17, 15) is 12.8 Å². The van der Waals surface area contributed by atoms with Crippen LogP contribution in [-0.4, -0.2) is 21.3 Å². The van der Waals surface area contributed by atoms with Gasteiger partial charge >= 0.3 is 0 Å². The first kappa shape index (κ1) is 18.7. The zero-order chi connectivity index (χ0) is 19.7. The maximum atomic E-state index is 14.1. The molecule has 0 spiro atoms. The van der Waals surface area contributed by atoms with Crippen LogP contribution in [0.5, 0.6) is 11.5 Å². The first-order valence-corrected chi connectivity index (χ1v) is 10.1. The fourth-order valence-electron chi connectivity index (χ4n) is 2.82. The summed E-state index contributed by atoms with van der Waals surface area (Å²) in [6.07, 6.45) is -1.04. The normalized spacial score (nSPS) is 15.6. The summed E-state index contributed by atoms with van der Waals surface area (Å²) in [4.78, 5) is 0.0216. The van der Waals surface area contributed by atoms with Crippen LogP contribution in [0.25, 0.3) is 11.1 Å². The largest absolute Gasteiger partial charge is 0.448 e. The van der Waals surface area contributed by atoms with Crippen LogP contribution in [0, 0.1) is 5.82 Å². The van der Waals surface area contributed by atoms with Crippen molar-refractivity contribution in [1.29, 1.82) is 0 Å². The second-order valence-electron chi connectivity index (χ2n) is 5.98. The summed E-state index contributed by atoms with van der Waals surface area (Å²) in [6, 6.07) is 17.1. The Morgan fingerprint density at radius 2 is 1.68 bits per heavy atom. The van der Waals surface area contributed by atoms with Crippen LogP contribution in [-0.2, 0) is 14.3 Å². The number of benzene rings is 3. The minimum Gasteiger partial charge on any atom is -0.448 e. The molecule has 1 unspecified atom stereocenters. The quantitative estimate of drug-likeness (QED) is 0.562. The highest BCUT2D eigenvalue weighted by molar-refractivity contribution is 7.86. The van der Waals surface area contributed by atoms with Crippen molar-refractivity contribution in [3.8, 4) is 22.6 Å². The predicted octanol–water partition coefficient (Wildman–Crippen LogP) is 4.65. The maximum Gasteiger partial charge on any atom is 0.297 e. The predicted molar refractivity (Wildman–Crippen MR) is 101 cm³/mol. The van der Waals surface area contributed by atoms with E-state index in [0.717, 1.165) is 0 Å². The van der Waals surface area contributed by atoms with Gasteiger partial charge in [-0.3, -0.25) is 4.18 Å². The van der Waals surface area contributed by atoms with Gasteiger partial charge in [0.15, 0.2) is 11.5 Å². The minimum absolute atomic E-state index is 0.0216. The molecular weight excluding hydrogens is 407 g/mol. The van der Waals surface area contributed by atoms with E-state index in [1.54, 1.807) is 42.5 Å². The van der Waals surface area contributed by atoms with E-state index >= 15 is 0 Å². The lowest BCUT2D eigenvalue weighted by Crippen LogP contribution is -2.26. The van der Waals surface area contributed by atoms with Gasteiger partial charge in [0.1, 0.15) is 12.4 Å². The molecular formula is C20H14ClFO5S. The molecule has 0 saturated heterocycles. The van der Waals surface area contributed by atoms with Gasteiger partial charge in [0.2, 0.25) is 0 Å². The smallest absolute Gasteiger partial charge is 0.297 e. The minimum atomic E-state index is -3.97. The number of hydrogen-bond donors (Lipinski definition) is 0. The molecule has 144 valence electrons. The van der Waals surface area contributed by atoms with E-state index in [1.807, 2.05) is 0 Å². The second kappa shape index (κ2) is 7.43. The molecule has 0 bridgehead atoms. The van der Waals surface area contributed by atoms with Crippen molar-refractivity contribution < 1.29 is 26.5 Å². The molecule has 0 saturated carbocycles. The average Bonchev–Trinajstić information content (AvgIpc) is 3.10. The van der Waals surface area contributed by atoms with Gasteiger partial charge in [0.05, 0.1) is 4.90 Å². The van der Waals surface area contributed by atoms with Gasteiger partial charge in [0, 0.05) is 22.2 Å². The molecule has 28 heavy (non-hydrogen) atoms. The highest BCUT2D eigenvalue weighted by Crippen LogP contribution is 2.45. The fourth-order valence-corrected chi connectivity index (χ4v) is 3.98. The van der Waals surface area contributed by atoms with Crippen LogP contribution in [0.4, 0.5) is 4.39 Å². The average molecular weight is 421 g/mol. The lowest BCUT2D eigenvalue weighted by Gasteiger charge is -2.12. The first-order chi connectivity index (χ1) is 13.4.